The molecule has 0 heterocycles. The fourth-order valence-corrected chi connectivity index (χ4v) is 3.84. The molecule has 0 nitrogen and oxygen atoms in total. The first-order valence-corrected chi connectivity index (χ1v) is 9.22. The fourth-order valence-electron chi connectivity index (χ4n) is 3.84. The van der Waals surface area contributed by atoms with Crippen molar-refractivity contribution in [1.29, 1.82) is 0 Å². The summed E-state index contributed by atoms with van der Waals surface area (Å²) in [6, 6.07) is 32.1. The van der Waals surface area contributed by atoms with E-state index < -0.39 is 0 Å². The van der Waals surface area contributed by atoms with Gasteiger partial charge in [0.2, 0.25) is 0 Å². The quantitative estimate of drug-likeness (QED) is 0.213. The molecule has 5 rings (SSSR count). The van der Waals surface area contributed by atoms with Crippen LogP contribution in [0.3, 0.4) is 0 Å². The Morgan fingerprint density at radius 1 is 0.481 bits per heavy atom. The van der Waals surface area contributed by atoms with E-state index in [1.54, 1.807) is 0 Å². The Morgan fingerprint density at radius 2 is 1.00 bits per heavy atom. The van der Waals surface area contributed by atoms with Gasteiger partial charge in [-0.2, -0.15) is 0 Å². The number of benzene rings is 5. The first kappa shape index (κ1) is 15.7. The molecule has 126 valence electrons. The Bertz CT molecular complexity index is 1320. The van der Waals surface area contributed by atoms with E-state index in [4.69, 9.17) is 0 Å². The monoisotopic (exact) mass is 342 g/mol. The molecule has 0 N–H and O–H groups in total. The van der Waals surface area contributed by atoms with Crippen LogP contribution in [-0.4, -0.2) is 0 Å². The molecule has 0 saturated heterocycles. The van der Waals surface area contributed by atoms with Crippen LogP contribution in [0, 0.1) is 18.8 Å². The molecular formula is C27H18. The largest absolute Gasteiger partial charge is 0.0616 e. The number of hydrogen-bond acceptors (Lipinski definition) is 0. The van der Waals surface area contributed by atoms with Crippen LogP contribution in [0.2, 0.25) is 0 Å². The van der Waals surface area contributed by atoms with E-state index >= 15 is 0 Å². The highest BCUT2D eigenvalue weighted by Gasteiger charge is 2.10. The molecule has 0 heteroatoms. The maximum Gasteiger partial charge on any atom is 0.0333 e. The predicted octanol–water partition coefficient (Wildman–Crippen LogP) is 6.85. The van der Waals surface area contributed by atoms with Gasteiger partial charge in [0.1, 0.15) is 0 Å². The highest BCUT2D eigenvalue weighted by molar-refractivity contribution is 6.26. The molecule has 0 radical (unpaired) electrons. The van der Waals surface area contributed by atoms with Gasteiger partial charge in [0, 0.05) is 16.5 Å². The van der Waals surface area contributed by atoms with E-state index in [2.05, 4.69) is 110 Å². The number of aryl methyl sites for hydroxylation is 1. The Hall–Kier alpha value is -3.56. The highest BCUT2D eigenvalue weighted by atomic mass is 14.1. The first-order valence-electron chi connectivity index (χ1n) is 9.22. The number of rotatable bonds is 0. The second-order valence-electron chi connectivity index (χ2n) is 6.94. The average Bonchev–Trinajstić information content (AvgIpc) is 2.73. The third-order valence-electron chi connectivity index (χ3n) is 5.16. The molecule has 0 fully saturated rings. The number of hydrogen-bond donors (Lipinski definition) is 0. The summed E-state index contributed by atoms with van der Waals surface area (Å²) < 4.78 is 0. The molecule has 0 unspecified atom stereocenters. The van der Waals surface area contributed by atoms with Crippen molar-refractivity contribution in [2.24, 2.45) is 0 Å². The summed E-state index contributed by atoms with van der Waals surface area (Å²) >= 11 is 0. The summed E-state index contributed by atoms with van der Waals surface area (Å²) in [4.78, 5) is 0. The normalized spacial score (nSPS) is 10.9. The lowest BCUT2D eigenvalue weighted by Crippen LogP contribution is -1.86. The van der Waals surface area contributed by atoms with Crippen LogP contribution in [0.5, 0.6) is 0 Å². The second-order valence-corrected chi connectivity index (χ2v) is 6.94. The van der Waals surface area contributed by atoms with Gasteiger partial charge in [0.05, 0.1) is 0 Å². The summed E-state index contributed by atoms with van der Waals surface area (Å²) in [7, 11) is 0. The average molecular weight is 342 g/mol. The van der Waals surface area contributed by atoms with Crippen molar-refractivity contribution in [3.8, 4) is 11.8 Å². The van der Waals surface area contributed by atoms with Crippen LogP contribution < -0.4 is 0 Å². The smallest absolute Gasteiger partial charge is 0.0333 e. The summed E-state index contributed by atoms with van der Waals surface area (Å²) in [5, 5.41) is 7.63. The second kappa shape index (κ2) is 6.31. The highest BCUT2D eigenvalue weighted by Crippen LogP contribution is 2.36. The zero-order valence-corrected chi connectivity index (χ0v) is 15.2. The lowest BCUT2D eigenvalue weighted by Gasteiger charge is -2.11. The zero-order valence-electron chi connectivity index (χ0n) is 15.2. The molecule has 0 aliphatic rings. The molecular weight excluding hydrogens is 324 g/mol. The van der Waals surface area contributed by atoms with Gasteiger partial charge in [0.15, 0.2) is 0 Å². The zero-order chi connectivity index (χ0) is 18.2. The molecule has 0 atom stereocenters. The van der Waals surface area contributed by atoms with E-state index in [-0.39, 0.29) is 0 Å². The molecule has 0 aliphatic carbocycles. The lowest BCUT2D eigenvalue weighted by molar-refractivity contribution is 1.46. The van der Waals surface area contributed by atoms with Crippen LogP contribution >= 0.6 is 0 Å². The van der Waals surface area contributed by atoms with E-state index in [1.807, 2.05) is 0 Å². The third kappa shape index (κ3) is 2.65. The first-order chi connectivity index (χ1) is 13.3. The minimum absolute atomic E-state index is 1.04. The van der Waals surface area contributed by atoms with E-state index in [1.165, 1.54) is 37.9 Å². The predicted molar refractivity (Wildman–Crippen MR) is 116 cm³/mol. The minimum atomic E-state index is 1.04. The molecule has 5 aromatic carbocycles. The van der Waals surface area contributed by atoms with Crippen LogP contribution in [0.15, 0.2) is 91.0 Å². The lowest BCUT2D eigenvalue weighted by atomic mass is 9.92. The maximum atomic E-state index is 3.43. The maximum absolute atomic E-state index is 3.43. The van der Waals surface area contributed by atoms with Crippen molar-refractivity contribution in [3.05, 3.63) is 108 Å². The molecule has 0 amide bonds. The summed E-state index contributed by atoms with van der Waals surface area (Å²) in [6.45, 7) is 2.10. The number of fused-ring (bicyclic) bond motifs is 6. The van der Waals surface area contributed by atoms with Crippen molar-refractivity contribution in [2.75, 3.05) is 0 Å². The van der Waals surface area contributed by atoms with Crippen molar-refractivity contribution in [3.63, 3.8) is 0 Å². The van der Waals surface area contributed by atoms with Crippen molar-refractivity contribution in [1.82, 2.24) is 0 Å². The van der Waals surface area contributed by atoms with Crippen LogP contribution in [-0.2, 0) is 0 Å². The minimum Gasteiger partial charge on any atom is -0.0616 e. The van der Waals surface area contributed by atoms with Crippen LogP contribution in [0.4, 0.5) is 0 Å². The fraction of sp³-hybridized carbons (Fsp3) is 0.0370. The van der Waals surface area contributed by atoms with Gasteiger partial charge in [-0.15, -0.1) is 0 Å². The Balaban J connectivity index is 1.86. The molecule has 5 aromatic rings. The summed E-state index contributed by atoms with van der Waals surface area (Å²) in [6.07, 6.45) is 0. The molecule has 0 spiro atoms. The Labute approximate surface area is 159 Å². The Kier molecular flexibility index (Phi) is 3.66. The standard InChI is InChI=1S/C27H18/c1-19-13-15-20(16-14-19)17-18-21-7-6-12-26-24-9-3-2-8-22(24)23-10-4-5-11-25(23)27(21)26/h2-16H,1H3. The van der Waals surface area contributed by atoms with Crippen molar-refractivity contribution < 1.29 is 0 Å². The van der Waals surface area contributed by atoms with E-state index in [0.29, 0.717) is 0 Å². The van der Waals surface area contributed by atoms with Gasteiger partial charge >= 0.3 is 0 Å². The van der Waals surface area contributed by atoms with Gasteiger partial charge in [-0.1, -0.05) is 90.2 Å². The third-order valence-corrected chi connectivity index (χ3v) is 5.16. The SMILES string of the molecule is Cc1ccc(C#Cc2cccc3c4ccccc4c4ccccc4c23)cc1. The van der Waals surface area contributed by atoms with Gasteiger partial charge < -0.3 is 0 Å². The summed E-state index contributed by atoms with van der Waals surface area (Å²) in [5.41, 5.74) is 3.38. The van der Waals surface area contributed by atoms with Crippen LogP contribution in [0.1, 0.15) is 16.7 Å². The Morgan fingerprint density at radius 3 is 1.63 bits per heavy atom. The van der Waals surface area contributed by atoms with Crippen molar-refractivity contribution in [2.45, 2.75) is 6.92 Å². The molecule has 0 aliphatic heterocycles. The molecule has 0 saturated carbocycles. The van der Waals surface area contributed by atoms with Gasteiger partial charge in [-0.25, -0.2) is 0 Å². The molecule has 0 aromatic heterocycles. The van der Waals surface area contributed by atoms with Crippen molar-refractivity contribution >= 4 is 32.3 Å². The van der Waals surface area contributed by atoms with E-state index in [9.17, 15) is 0 Å². The topological polar surface area (TPSA) is 0 Å². The molecule has 0 bridgehead atoms. The summed E-state index contributed by atoms with van der Waals surface area (Å²) in [5.74, 6) is 6.77. The van der Waals surface area contributed by atoms with Gasteiger partial charge in [0.25, 0.3) is 0 Å². The molecule has 27 heavy (non-hydrogen) atoms. The van der Waals surface area contributed by atoms with Crippen LogP contribution in [0.25, 0.3) is 32.3 Å². The van der Waals surface area contributed by atoms with Gasteiger partial charge in [-0.05, 0) is 52.1 Å². The van der Waals surface area contributed by atoms with E-state index in [0.717, 1.165) is 11.1 Å². The van der Waals surface area contributed by atoms with Gasteiger partial charge in [-0.3, -0.25) is 0 Å².